The molecular formula is C4H8O6P+. The van der Waals surface area contributed by atoms with E-state index in [1.165, 1.54) is 0 Å². The highest BCUT2D eigenvalue weighted by molar-refractivity contribution is 7.32. The van der Waals surface area contributed by atoms with Gasteiger partial charge in [0.1, 0.15) is 6.10 Å². The molecule has 0 saturated heterocycles. The van der Waals surface area contributed by atoms with Crippen molar-refractivity contribution >= 4 is 14.0 Å². The van der Waals surface area contributed by atoms with Crippen molar-refractivity contribution < 1.29 is 29.0 Å². The monoisotopic (exact) mass is 183 g/mol. The van der Waals surface area contributed by atoms with E-state index in [2.05, 4.69) is 4.52 Å². The van der Waals surface area contributed by atoms with Crippen LogP contribution >= 0.6 is 8.25 Å². The van der Waals surface area contributed by atoms with Crippen LogP contribution in [0.2, 0.25) is 0 Å². The van der Waals surface area contributed by atoms with Gasteiger partial charge in [-0.25, -0.2) is 0 Å². The van der Waals surface area contributed by atoms with Crippen molar-refractivity contribution in [2.45, 2.75) is 6.10 Å². The Morgan fingerprint density at radius 2 is 2.18 bits per heavy atom. The molecule has 0 aliphatic heterocycles. The molecule has 0 fully saturated rings. The van der Waals surface area contributed by atoms with Gasteiger partial charge in [-0.2, -0.15) is 0 Å². The molecule has 6 nitrogen and oxygen atoms in total. The summed E-state index contributed by atoms with van der Waals surface area (Å²) in [7, 11) is -2.83. The molecule has 2 atom stereocenters. The highest BCUT2D eigenvalue weighted by Crippen LogP contribution is 2.13. The zero-order chi connectivity index (χ0) is 8.85. The van der Waals surface area contributed by atoms with E-state index in [0.717, 1.165) is 0 Å². The lowest BCUT2D eigenvalue weighted by Crippen LogP contribution is -2.27. The third-order valence-corrected chi connectivity index (χ3v) is 1.21. The zero-order valence-corrected chi connectivity index (χ0v) is 6.40. The van der Waals surface area contributed by atoms with E-state index in [1.54, 1.807) is 0 Å². The van der Waals surface area contributed by atoms with E-state index in [-0.39, 0.29) is 0 Å². The molecule has 64 valence electrons. The molecule has 0 rings (SSSR count). The van der Waals surface area contributed by atoms with Crippen LogP contribution in [0, 0.1) is 0 Å². The Hall–Kier alpha value is -0.390. The second kappa shape index (κ2) is 5.29. The van der Waals surface area contributed by atoms with E-state index in [0.29, 0.717) is 0 Å². The van der Waals surface area contributed by atoms with Crippen LogP contribution in [-0.4, -0.2) is 40.2 Å². The Morgan fingerprint density at radius 1 is 1.64 bits per heavy atom. The predicted octanol–water partition coefficient (Wildman–Crippen LogP) is -1.43. The summed E-state index contributed by atoms with van der Waals surface area (Å²) in [5.41, 5.74) is 0. The molecule has 7 heteroatoms. The second-order valence-corrected chi connectivity index (χ2v) is 2.41. The number of hydrogen-bond donors (Lipinski definition) is 3. The first kappa shape index (κ1) is 10.6. The van der Waals surface area contributed by atoms with Crippen molar-refractivity contribution in [3.05, 3.63) is 0 Å². The Bertz CT molecular complexity index is 157. The van der Waals surface area contributed by atoms with Crippen LogP contribution < -0.4 is 0 Å². The Kier molecular flexibility index (Phi) is 5.10. The maximum atomic E-state index is 10.5. The molecule has 3 N–H and O–H groups in total. The minimum Gasteiger partial charge on any atom is -0.393 e. The van der Waals surface area contributed by atoms with Gasteiger partial charge in [0.25, 0.3) is 0 Å². The number of rotatable bonds is 5. The topological polar surface area (TPSA) is 104 Å². The molecule has 0 aromatic heterocycles. The Morgan fingerprint density at radius 3 is 2.55 bits per heavy atom. The molecule has 0 amide bonds. The van der Waals surface area contributed by atoms with Crippen molar-refractivity contribution in [2.75, 3.05) is 13.2 Å². The normalized spacial score (nSPS) is 14.3. The summed E-state index contributed by atoms with van der Waals surface area (Å²) < 4.78 is 13.8. The highest BCUT2D eigenvalue weighted by atomic mass is 31.1. The average molecular weight is 183 g/mol. The summed E-state index contributed by atoms with van der Waals surface area (Å²) >= 11 is 0. The smallest absolute Gasteiger partial charge is 0.393 e. The SMILES string of the molecule is O=C(CO[P+](=O)O)[C@H](O)CO. The number of carbonyl (C=O) groups is 1. The lowest BCUT2D eigenvalue weighted by Gasteiger charge is -2.00. The first-order chi connectivity index (χ1) is 5.07. The third-order valence-electron chi connectivity index (χ3n) is 0.862. The minimum atomic E-state index is -2.83. The van der Waals surface area contributed by atoms with Crippen LogP contribution in [0.5, 0.6) is 0 Å². The van der Waals surface area contributed by atoms with Crippen LogP contribution in [0.4, 0.5) is 0 Å². The molecule has 0 aliphatic carbocycles. The van der Waals surface area contributed by atoms with Crippen LogP contribution in [0.15, 0.2) is 0 Å². The van der Waals surface area contributed by atoms with Crippen molar-refractivity contribution in [1.82, 2.24) is 0 Å². The molecule has 0 aliphatic rings. The first-order valence-electron chi connectivity index (χ1n) is 2.68. The lowest BCUT2D eigenvalue weighted by atomic mass is 10.3. The molecule has 1 unspecified atom stereocenters. The number of carbonyl (C=O) groups excluding carboxylic acids is 1. The van der Waals surface area contributed by atoms with Gasteiger partial charge in [-0.1, -0.05) is 0 Å². The average Bonchev–Trinajstić information content (AvgIpc) is 1.98. The van der Waals surface area contributed by atoms with Gasteiger partial charge in [0, 0.05) is 4.57 Å². The summed E-state index contributed by atoms with van der Waals surface area (Å²) in [4.78, 5) is 18.6. The Labute approximate surface area is 63.4 Å². The third kappa shape index (κ3) is 4.94. The van der Waals surface area contributed by atoms with E-state index < -0.39 is 33.4 Å². The molecule has 0 bridgehead atoms. The van der Waals surface area contributed by atoms with Crippen LogP contribution in [0.25, 0.3) is 0 Å². The molecular weight excluding hydrogens is 175 g/mol. The van der Waals surface area contributed by atoms with Gasteiger partial charge in [0.15, 0.2) is 12.4 Å². The molecule has 0 aromatic rings. The van der Waals surface area contributed by atoms with Gasteiger partial charge in [-0.15, -0.1) is 9.42 Å². The molecule has 0 aromatic carbocycles. The van der Waals surface area contributed by atoms with Crippen LogP contribution in [0.3, 0.4) is 0 Å². The van der Waals surface area contributed by atoms with Crippen molar-refractivity contribution in [3.63, 3.8) is 0 Å². The van der Waals surface area contributed by atoms with Gasteiger partial charge in [-0.3, -0.25) is 4.79 Å². The van der Waals surface area contributed by atoms with Gasteiger partial charge < -0.3 is 10.2 Å². The fourth-order valence-electron chi connectivity index (χ4n) is 0.317. The molecule has 0 spiro atoms. The van der Waals surface area contributed by atoms with E-state index >= 15 is 0 Å². The van der Waals surface area contributed by atoms with E-state index in [4.69, 9.17) is 15.1 Å². The molecule has 0 saturated carbocycles. The fourth-order valence-corrected chi connectivity index (χ4v) is 0.555. The number of ketones is 1. The van der Waals surface area contributed by atoms with E-state index in [1.807, 2.05) is 0 Å². The summed E-state index contributed by atoms with van der Waals surface area (Å²) in [5, 5.41) is 16.8. The quantitative estimate of drug-likeness (QED) is 0.451. The lowest BCUT2D eigenvalue weighted by molar-refractivity contribution is -0.131. The molecule has 11 heavy (non-hydrogen) atoms. The molecule has 0 radical (unpaired) electrons. The van der Waals surface area contributed by atoms with Gasteiger partial charge >= 0.3 is 8.25 Å². The van der Waals surface area contributed by atoms with Crippen molar-refractivity contribution in [2.24, 2.45) is 0 Å². The number of aliphatic hydroxyl groups excluding tert-OH is 2. The second-order valence-electron chi connectivity index (χ2n) is 1.68. The van der Waals surface area contributed by atoms with Crippen LogP contribution in [0.1, 0.15) is 0 Å². The highest BCUT2D eigenvalue weighted by Gasteiger charge is 2.20. The van der Waals surface area contributed by atoms with Gasteiger partial charge in [0.05, 0.1) is 6.61 Å². The van der Waals surface area contributed by atoms with Crippen LogP contribution in [-0.2, 0) is 13.9 Å². The zero-order valence-electron chi connectivity index (χ0n) is 5.51. The minimum absolute atomic E-state index is 0.673. The maximum absolute atomic E-state index is 10.5. The summed E-state index contributed by atoms with van der Waals surface area (Å²) in [6.45, 7) is -1.39. The summed E-state index contributed by atoms with van der Waals surface area (Å²) in [5.74, 6) is -0.829. The number of Topliss-reactive ketones (excluding diaryl/α,β-unsaturated/α-hetero) is 1. The number of hydrogen-bond acceptors (Lipinski definition) is 5. The Balaban J connectivity index is 3.60. The fraction of sp³-hybridized carbons (Fsp3) is 0.750. The summed E-state index contributed by atoms with van der Waals surface area (Å²) in [6, 6.07) is 0. The molecule has 0 heterocycles. The van der Waals surface area contributed by atoms with Gasteiger partial charge in [0.2, 0.25) is 0 Å². The predicted molar refractivity (Wildman–Crippen MR) is 33.9 cm³/mol. The summed E-state index contributed by atoms with van der Waals surface area (Å²) in [6.07, 6.45) is -1.54. The standard InChI is InChI=1S/C4H7O6P/c5-1-3(6)4(7)2-10-11(8)9/h3,5-6H,1-2H2/p+1/t3-/m1/s1. The maximum Gasteiger partial charge on any atom is 0.695 e. The van der Waals surface area contributed by atoms with E-state index in [9.17, 15) is 9.36 Å². The first-order valence-corrected chi connectivity index (χ1v) is 3.81. The van der Waals surface area contributed by atoms with Crippen molar-refractivity contribution in [1.29, 1.82) is 0 Å². The largest absolute Gasteiger partial charge is 0.695 e. The van der Waals surface area contributed by atoms with Crippen molar-refractivity contribution in [3.8, 4) is 0 Å². The number of aliphatic hydroxyl groups is 2. The van der Waals surface area contributed by atoms with Gasteiger partial charge in [-0.05, 0) is 0 Å².